The molecule has 2 heterocycles. The van der Waals surface area contributed by atoms with Crippen LogP contribution >= 0.6 is 11.3 Å². The lowest BCUT2D eigenvalue weighted by Crippen LogP contribution is -2.04. The third kappa shape index (κ3) is 2.80. The first-order valence-corrected chi connectivity index (χ1v) is 7.44. The van der Waals surface area contributed by atoms with Gasteiger partial charge in [-0.3, -0.25) is 0 Å². The van der Waals surface area contributed by atoms with E-state index < -0.39 is 0 Å². The molecule has 0 saturated heterocycles. The van der Waals surface area contributed by atoms with Crippen LogP contribution in [0.25, 0.3) is 10.7 Å². The van der Waals surface area contributed by atoms with Crippen LogP contribution in [0.2, 0.25) is 0 Å². The minimum absolute atomic E-state index is 0.676. The molecule has 0 amide bonds. The van der Waals surface area contributed by atoms with E-state index in [0.717, 1.165) is 32.7 Å². The van der Waals surface area contributed by atoms with Gasteiger partial charge in [0, 0.05) is 0 Å². The fourth-order valence-corrected chi connectivity index (χ4v) is 3.12. The molecule has 0 N–H and O–H groups in total. The summed E-state index contributed by atoms with van der Waals surface area (Å²) in [5, 5.41) is 5.38. The van der Waals surface area contributed by atoms with E-state index in [0.29, 0.717) is 6.54 Å². The number of thiazole rings is 1. The van der Waals surface area contributed by atoms with E-state index in [-0.39, 0.29) is 0 Å². The van der Waals surface area contributed by atoms with E-state index in [1.165, 1.54) is 0 Å². The van der Waals surface area contributed by atoms with Gasteiger partial charge in [-0.2, -0.15) is 5.10 Å². The first-order valence-electron chi connectivity index (χ1n) is 6.62. The summed E-state index contributed by atoms with van der Waals surface area (Å²) in [5.41, 5.74) is 2.16. The van der Waals surface area contributed by atoms with Crippen LogP contribution in [0.1, 0.15) is 16.3 Å². The Morgan fingerprint density at radius 1 is 1.19 bits per heavy atom. The molecule has 0 saturated carbocycles. The zero-order valence-electron chi connectivity index (χ0n) is 12.2. The first kappa shape index (κ1) is 13.8. The minimum Gasteiger partial charge on any atom is -0.497 e. The van der Waals surface area contributed by atoms with Gasteiger partial charge < -0.3 is 4.74 Å². The van der Waals surface area contributed by atoms with Crippen LogP contribution in [0.5, 0.6) is 5.75 Å². The lowest BCUT2D eigenvalue weighted by atomic mass is 10.2. The number of ether oxygens (including phenoxy) is 1. The van der Waals surface area contributed by atoms with Crippen LogP contribution in [0, 0.1) is 13.8 Å². The fraction of sp³-hybridized carbons (Fsp3) is 0.267. The molecule has 5 nitrogen and oxygen atoms in total. The van der Waals surface area contributed by atoms with Crippen molar-refractivity contribution in [3.8, 4) is 16.5 Å². The second kappa shape index (κ2) is 5.65. The normalized spacial score (nSPS) is 10.8. The Morgan fingerprint density at radius 2 is 1.95 bits per heavy atom. The molecule has 0 bridgehead atoms. The molecule has 0 atom stereocenters. The van der Waals surface area contributed by atoms with E-state index in [1.807, 2.05) is 42.8 Å². The third-order valence-corrected chi connectivity index (χ3v) is 4.28. The molecule has 0 aliphatic carbocycles. The molecule has 0 aliphatic heterocycles. The molecule has 1 aromatic carbocycles. The predicted octanol–water partition coefficient (Wildman–Crippen LogP) is 3.08. The summed E-state index contributed by atoms with van der Waals surface area (Å²) in [5.74, 6) is 1.72. The molecule has 108 valence electrons. The van der Waals surface area contributed by atoms with Crippen LogP contribution in [-0.2, 0) is 6.54 Å². The summed E-state index contributed by atoms with van der Waals surface area (Å²) in [6.07, 6.45) is 1.59. The topological polar surface area (TPSA) is 52.8 Å². The number of benzene rings is 1. The van der Waals surface area contributed by atoms with Gasteiger partial charge >= 0.3 is 0 Å². The van der Waals surface area contributed by atoms with Crippen molar-refractivity contribution < 1.29 is 4.74 Å². The number of hydrogen-bond donors (Lipinski definition) is 0. The number of hydrogen-bond acceptors (Lipinski definition) is 5. The van der Waals surface area contributed by atoms with Gasteiger partial charge in [0.25, 0.3) is 0 Å². The summed E-state index contributed by atoms with van der Waals surface area (Å²) in [6.45, 7) is 4.69. The van der Waals surface area contributed by atoms with Crippen molar-refractivity contribution >= 4 is 11.3 Å². The Bertz CT molecular complexity index is 745. The molecule has 0 spiro atoms. The highest BCUT2D eigenvalue weighted by atomic mass is 32.1. The SMILES string of the molecule is COc1ccc(Cn2ncnc2-c2sc(C)nc2C)cc1. The molecule has 0 fully saturated rings. The standard InChI is InChI=1S/C15H16N4OS/c1-10-14(21-11(2)18-10)15-16-9-17-19(15)8-12-4-6-13(20-3)7-5-12/h4-7,9H,8H2,1-3H3. The van der Waals surface area contributed by atoms with Gasteiger partial charge in [-0.05, 0) is 31.5 Å². The molecule has 3 aromatic rings. The third-order valence-electron chi connectivity index (χ3n) is 3.21. The molecular weight excluding hydrogens is 284 g/mol. The van der Waals surface area contributed by atoms with Crippen molar-refractivity contribution in [3.05, 3.63) is 46.9 Å². The summed E-state index contributed by atoms with van der Waals surface area (Å²) in [7, 11) is 1.67. The lowest BCUT2D eigenvalue weighted by Gasteiger charge is -2.06. The van der Waals surface area contributed by atoms with Crippen molar-refractivity contribution in [1.82, 2.24) is 19.7 Å². The van der Waals surface area contributed by atoms with Gasteiger partial charge in [-0.25, -0.2) is 14.6 Å². The maximum absolute atomic E-state index is 5.17. The van der Waals surface area contributed by atoms with E-state index in [1.54, 1.807) is 24.8 Å². The Balaban J connectivity index is 1.90. The first-order chi connectivity index (χ1) is 10.2. The summed E-state index contributed by atoms with van der Waals surface area (Å²) in [6, 6.07) is 7.98. The fourth-order valence-electron chi connectivity index (χ4n) is 2.20. The Hall–Kier alpha value is -2.21. The number of aromatic nitrogens is 4. The van der Waals surface area contributed by atoms with E-state index in [2.05, 4.69) is 15.1 Å². The summed E-state index contributed by atoms with van der Waals surface area (Å²) < 4.78 is 7.08. The smallest absolute Gasteiger partial charge is 0.170 e. The van der Waals surface area contributed by atoms with E-state index >= 15 is 0 Å². The zero-order valence-corrected chi connectivity index (χ0v) is 13.0. The highest BCUT2D eigenvalue weighted by Crippen LogP contribution is 2.28. The average Bonchev–Trinajstić information content (AvgIpc) is 3.05. The molecule has 21 heavy (non-hydrogen) atoms. The second-order valence-corrected chi connectivity index (χ2v) is 5.94. The van der Waals surface area contributed by atoms with E-state index in [9.17, 15) is 0 Å². The van der Waals surface area contributed by atoms with Gasteiger partial charge in [-0.1, -0.05) is 12.1 Å². The maximum atomic E-state index is 5.17. The van der Waals surface area contributed by atoms with Gasteiger partial charge in [0.15, 0.2) is 5.82 Å². The van der Waals surface area contributed by atoms with Crippen molar-refractivity contribution in [2.45, 2.75) is 20.4 Å². The lowest BCUT2D eigenvalue weighted by molar-refractivity contribution is 0.414. The monoisotopic (exact) mass is 300 g/mol. The van der Waals surface area contributed by atoms with Crippen LogP contribution in [0.3, 0.4) is 0 Å². The number of rotatable bonds is 4. The highest BCUT2D eigenvalue weighted by molar-refractivity contribution is 7.15. The van der Waals surface area contributed by atoms with Crippen molar-refractivity contribution in [1.29, 1.82) is 0 Å². The Kier molecular flexibility index (Phi) is 3.70. The van der Waals surface area contributed by atoms with Gasteiger partial charge in [0.1, 0.15) is 12.1 Å². The quantitative estimate of drug-likeness (QED) is 0.743. The van der Waals surface area contributed by atoms with Crippen molar-refractivity contribution in [2.75, 3.05) is 7.11 Å². The maximum Gasteiger partial charge on any atom is 0.170 e. The molecular formula is C15H16N4OS. The number of methoxy groups -OCH3 is 1. The molecule has 2 aromatic heterocycles. The minimum atomic E-state index is 0.676. The van der Waals surface area contributed by atoms with Gasteiger partial charge in [-0.15, -0.1) is 11.3 Å². The molecule has 0 unspecified atom stereocenters. The predicted molar refractivity (Wildman–Crippen MR) is 82.7 cm³/mol. The Labute approximate surface area is 127 Å². The average molecular weight is 300 g/mol. The molecule has 0 aliphatic rings. The van der Waals surface area contributed by atoms with Crippen LogP contribution in [-0.4, -0.2) is 26.9 Å². The second-order valence-electron chi connectivity index (χ2n) is 4.74. The van der Waals surface area contributed by atoms with Crippen LogP contribution in [0.15, 0.2) is 30.6 Å². The van der Waals surface area contributed by atoms with E-state index in [4.69, 9.17) is 4.74 Å². The molecule has 6 heteroatoms. The number of nitrogens with zero attached hydrogens (tertiary/aromatic N) is 4. The summed E-state index contributed by atoms with van der Waals surface area (Å²) in [4.78, 5) is 9.93. The van der Waals surface area contributed by atoms with Crippen molar-refractivity contribution in [3.63, 3.8) is 0 Å². The molecule has 0 radical (unpaired) electrons. The number of aryl methyl sites for hydroxylation is 2. The highest BCUT2D eigenvalue weighted by Gasteiger charge is 2.14. The van der Waals surface area contributed by atoms with Gasteiger partial charge in [0.2, 0.25) is 0 Å². The van der Waals surface area contributed by atoms with Crippen LogP contribution < -0.4 is 4.74 Å². The van der Waals surface area contributed by atoms with Crippen LogP contribution in [0.4, 0.5) is 0 Å². The largest absolute Gasteiger partial charge is 0.497 e. The Morgan fingerprint density at radius 3 is 2.57 bits per heavy atom. The zero-order chi connectivity index (χ0) is 14.8. The summed E-state index contributed by atoms with van der Waals surface area (Å²) >= 11 is 1.65. The van der Waals surface area contributed by atoms with Crippen molar-refractivity contribution in [2.24, 2.45) is 0 Å². The van der Waals surface area contributed by atoms with Gasteiger partial charge in [0.05, 0.1) is 29.2 Å². The molecule has 3 rings (SSSR count).